The average Bonchev–Trinajstić information content (AvgIpc) is 3.15. The first-order valence-electron chi connectivity index (χ1n) is 12.1. The summed E-state index contributed by atoms with van der Waals surface area (Å²) in [4.78, 5) is 32.1. The van der Waals surface area contributed by atoms with Crippen LogP contribution in [0.3, 0.4) is 0 Å². The molecule has 188 valence electrons. The molecule has 1 saturated carbocycles. The van der Waals surface area contributed by atoms with E-state index in [1.807, 2.05) is 22.8 Å². The normalized spacial score (nSPS) is 31.5. The summed E-state index contributed by atoms with van der Waals surface area (Å²) in [6.45, 7) is 2.82. The maximum atomic E-state index is 13.3. The monoisotopic (exact) mass is 500 g/mol. The first-order chi connectivity index (χ1) is 16.5. The number of likely N-dealkylation sites (tertiary alicyclic amines) is 3. The van der Waals surface area contributed by atoms with Gasteiger partial charge in [0.2, 0.25) is 21.8 Å². The summed E-state index contributed by atoms with van der Waals surface area (Å²) in [6.07, 6.45) is 2.35. The third-order valence-electron chi connectivity index (χ3n) is 8.11. The van der Waals surface area contributed by atoms with Crippen molar-refractivity contribution in [2.75, 3.05) is 27.2 Å². The lowest BCUT2D eigenvalue weighted by atomic mass is 10.1. The second-order valence-corrected chi connectivity index (χ2v) is 12.6. The minimum atomic E-state index is -3.57. The minimum Gasteiger partial charge on any atom is -0.330 e. The number of carbonyl (C=O) groups excluding carboxylic acids is 2. The fraction of sp³-hybridized carbons (Fsp3) is 0.625. The van der Waals surface area contributed by atoms with Crippen molar-refractivity contribution in [1.82, 2.24) is 19.0 Å². The van der Waals surface area contributed by atoms with Crippen LogP contribution in [0.5, 0.6) is 0 Å². The Labute approximate surface area is 206 Å². The molecule has 1 aliphatic carbocycles. The molecular formula is C24H32N6O4S. The zero-order valence-electron chi connectivity index (χ0n) is 20.2. The number of hydrogen-bond donors (Lipinski definition) is 1. The molecule has 35 heavy (non-hydrogen) atoms. The number of hydrogen-bond acceptors (Lipinski definition) is 7. The molecule has 11 heteroatoms. The Balaban J connectivity index is 1.25. The number of rotatable bonds is 7. The first kappa shape index (κ1) is 24.2. The Morgan fingerprint density at radius 3 is 2.69 bits per heavy atom. The van der Waals surface area contributed by atoms with Gasteiger partial charge in [0.05, 0.1) is 29.1 Å². The molecule has 1 aromatic carbocycles. The van der Waals surface area contributed by atoms with Crippen molar-refractivity contribution in [1.29, 1.82) is 5.26 Å². The first-order valence-corrected chi connectivity index (χ1v) is 13.5. The van der Waals surface area contributed by atoms with E-state index in [1.165, 1.54) is 18.4 Å². The molecule has 3 heterocycles. The minimum absolute atomic E-state index is 0.0207. The molecule has 4 aliphatic rings. The number of fused-ring (bicyclic) bond motifs is 3. The summed E-state index contributed by atoms with van der Waals surface area (Å²) in [5.41, 5.74) is 7.06. The van der Waals surface area contributed by atoms with Crippen LogP contribution in [0.25, 0.3) is 0 Å². The zero-order valence-corrected chi connectivity index (χ0v) is 21.1. The van der Waals surface area contributed by atoms with Crippen LogP contribution in [0.15, 0.2) is 29.2 Å². The van der Waals surface area contributed by atoms with Gasteiger partial charge >= 0.3 is 0 Å². The number of amides is 2. The SMILES string of the molecule is C[C@H](c1cccc(S(=O)(=O)N(C)C)c1)N1C(=O)[C@H]2C[C@@H]1CN2C[C@H](N)C(=O)N1C2C[C@H]2C[C@H]1C#N. The Bertz CT molecular complexity index is 1200. The van der Waals surface area contributed by atoms with Gasteiger partial charge in [-0.05, 0) is 49.8 Å². The molecule has 0 aromatic heterocycles. The van der Waals surface area contributed by atoms with Gasteiger partial charge in [-0.25, -0.2) is 12.7 Å². The highest BCUT2D eigenvalue weighted by molar-refractivity contribution is 7.89. The van der Waals surface area contributed by atoms with Gasteiger partial charge in [0.1, 0.15) is 6.04 Å². The molecule has 2 bridgehead atoms. The Morgan fingerprint density at radius 2 is 2.03 bits per heavy atom. The summed E-state index contributed by atoms with van der Waals surface area (Å²) in [7, 11) is -0.590. The highest BCUT2D eigenvalue weighted by atomic mass is 32.2. The van der Waals surface area contributed by atoms with E-state index in [4.69, 9.17) is 5.73 Å². The fourth-order valence-corrected chi connectivity index (χ4v) is 7.07. The molecule has 0 radical (unpaired) electrons. The van der Waals surface area contributed by atoms with E-state index in [1.54, 1.807) is 23.1 Å². The van der Waals surface area contributed by atoms with E-state index in [2.05, 4.69) is 6.07 Å². The van der Waals surface area contributed by atoms with Crippen molar-refractivity contribution in [2.45, 2.75) is 67.3 Å². The molecular weight excluding hydrogens is 468 g/mol. The van der Waals surface area contributed by atoms with E-state index in [9.17, 15) is 23.3 Å². The summed E-state index contributed by atoms with van der Waals surface area (Å²) < 4.78 is 26.3. The molecule has 2 N–H and O–H groups in total. The maximum Gasteiger partial charge on any atom is 0.242 e. The lowest BCUT2D eigenvalue weighted by Gasteiger charge is -2.38. The third kappa shape index (κ3) is 3.93. The van der Waals surface area contributed by atoms with Crippen LogP contribution in [-0.2, 0) is 19.6 Å². The number of carbonyl (C=O) groups is 2. The summed E-state index contributed by atoms with van der Waals surface area (Å²) in [5.74, 6) is 0.218. The number of nitrogens with zero attached hydrogens (tertiary/aromatic N) is 5. The Kier molecular flexibility index (Phi) is 5.91. The van der Waals surface area contributed by atoms with Crippen molar-refractivity contribution >= 4 is 21.8 Å². The molecule has 3 saturated heterocycles. The topological polar surface area (TPSA) is 131 Å². The quantitative estimate of drug-likeness (QED) is 0.563. The molecule has 5 rings (SSSR count). The molecule has 1 aromatic rings. The number of benzene rings is 1. The number of nitriles is 1. The lowest BCUT2D eigenvalue weighted by Crippen LogP contribution is -2.57. The second kappa shape index (κ2) is 8.55. The predicted molar refractivity (Wildman–Crippen MR) is 127 cm³/mol. The number of sulfonamides is 1. The maximum absolute atomic E-state index is 13.3. The van der Waals surface area contributed by atoms with Crippen molar-refractivity contribution in [2.24, 2.45) is 11.7 Å². The van der Waals surface area contributed by atoms with Crippen LogP contribution in [0.2, 0.25) is 0 Å². The van der Waals surface area contributed by atoms with Crippen LogP contribution in [0, 0.1) is 17.2 Å². The van der Waals surface area contributed by atoms with Crippen LogP contribution in [0.4, 0.5) is 0 Å². The molecule has 2 amide bonds. The molecule has 7 atom stereocenters. The van der Waals surface area contributed by atoms with Gasteiger partial charge in [0, 0.05) is 39.3 Å². The second-order valence-electron chi connectivity index (χ2n) is 10.4. The van der Waals surface area contributed by atoms with Crippen molar-refractivity contribution in [3.8, 4) is 6.07 Å². The zero-order chi connectivity index (χ0) is 25.2. The van der Waals surface area contributed by atoms with E-state index >= 15 is 0 Å². The smallest absolute Gasteiger partial charge is 0.242 e. The predicted octanol–water partition coefficient (Wildman–Crippen LogP) is 0.123. The number of nitrogens with two attached hydrogens (primary N) is 1. The standard InChI is InChI=1S/C24H32N6O4S/c1-14(15-5-4-6-19(8-15)35(33,34)27(2)3)29-18-10-22(24(29)32)28(12-18)13-20(26)23(31)30-17(11-25)7-16-9-21(16)30/h4-6,8,14,16-18,20-22H,7,9-10,12-13,26H2,1-3H3/t14-,16-,17+,18-,20+,21?,22-/m1/s1. The lowest BCUT2D eigenvalue weighted by molar-refractivity contribution is -0.141. The highest BCUT2D eigenvalue weighted by Crippen LogP contribution is 2.48. The fourth-order valence-electron chi connectivity index (χ4n) is 6.12. The highest BCUT2D eigenvalue weighted by Gasteiger charge is 2.56. The largest absolute Gasteiger partial charge is 0.330 e. The van der Waals surface area contributed by atoms with Gasteiger partial charge in [0.15, 0.2) is 0 Å². The summed E-state index contributed by atoms with van der Waals surface area (Å²) >= 11 is 0. The molecule has 3 aliphatic heterocycles. The molecule has 4 fully saturated rings. The van der Waals surface area contributed by atoms with Crippen molar-refractivity contribution in [3.05, 3.63) is 29.8 Å². The van der Waals surface area contributed by atoms with Crippen molar-refractivity contribution in [3.63, 3.8) is 0 Å². The van der Waals surface area contributed by atoms with Gasteiger partial charge < -0.3 is 15.5 Å². The van der Waals surface area contributed by atoms with Crippen LogP contribution in [-0.4, -0.2) is 96.6 Å². The Morgan fingerprint density at radius 1 is 1.29 bits per heavy atom. The molecule has 10 nitrogen and oxygen atoms in total. The van der Waals surface area contributed by atoms with Gasteiger partial charge in [-0.3, -0.25) is 14.5 Å². The van der Waals surface area contributed by atoms with Gasteiger partial charge in [-0.2, -0.15) is 5.26 Å². The summed E-state index contributed by atoms with van der Waals surface area (Å²) in [5, 5.41) is 9.39. The van der Waals surface area contributed by atoms with Crippen molar-refractivity contribution < 1.29 is 18.0 Å². The molecule has 0 spiro atoms. The van der Waals surface area contributed by atoms with Gasteiger partial charge in [-0.1, -0.05) is 12.1 Å². The van der Waals surface area contributed by atoms with E-state index in [-0.39, 0.29) is 47.4 Å². The third-order valence-corrected chi connectivity index (χ3v) is 9.92. The average molecular weight is 501 g/mol. The number of piperidine rings is 1. The van der Waals surface area contributed by atoms with Gasteiger partial charge in [0.25, 0.3) is 0 Å². The Hall–Kier alpha value is -2.52. The summed E-state index contributed by atoms with van der Waals surface area (Å²) in [6, 6.07) is 7.33. The molecule has 1 unspecified atom stereocenters. The van der Waals surface area contributed by atoms with E-state index in [0.717, 1.165) is 18.4 Å². The van der Waals surface area contributed by atoms with Crippen LogP contribution in [0.1, 0.15) is 37.8 Å². The van der Waals surface area contributed by atoms with E-state index in [0.29, 0.717) is 18.9 Å². The van der Waals surface area contributed by atoms with Crippen LogP contribution >= 0.6 is 0 Å². The van der Waals surface area contributed by atoms with Crippen LogP contribution < -0.4 is 5.73 Å². The van der Waals surface area contributed by atoms with E-state index < -0.39 is 22.1 Å². The van der Waals surface area contributed by atoms with Gasteiger partial charge in [-0.15, -0.1) is 0 Å². The number of piperazine rings is 1.